The normalized spacial score (nSPS) is 11.2. The summed E-state index contributed by atoms with van der Waals surface area (Å²) in [6.07, 6.45) is 0. The highest BCUT2D eigenvalue weighted by Gasteiger charge is 2.14. The summed E-state index contributed by atoms with van der Waals surface area (Å²) in [6, 6.07) is 15.4. The monoisotopic (exact) mass is 293 g/mol. The van der Waals surface area contributed by atoms with Crippen molar-refractivity contribution in [2.45, 2.75) is 0 Å². The Balaban J connectivity index is 2.08. The Morgan fingerprint density at radius 2 is 1.81 bits per heavy atom. The second-order valence-electron chi connectivity index (χ2n) is 4.77. The Morgan fingerprint density at radius 1 is 1.05 bits per heavy atom. The quantitative estimate of drug-likeness (QED) is 0.514. The predicted octanol–water partition coefficient (Wildman–Crippen LogP) is 4.29. The largest absolute Gasteiger partial charge is 0.440 e. The van der Waals surface area contributed by atoms with Crippen LogP contribution >= 0.6 is 12.2 Å². The molecule has 0 aliphatic heterocycles. The number of hydrogen-bond acceptors (Lipinski definition) is 4. The number of nitrogen functional groups attached to an aromatic ring is 1. The Kier molecular flexibility index (Phi) is 2.55. The van der Waals surface area contributed by atoms with E-state index in [-0.39, 0.29) is 5.88 Å². The third kappa shape index (κ3) is 1.82. The fourth-order valence-corrected chi connectivity index (χ4v) is 2.82. The van der Waals surface area contributed by atoms with Crippen molar-refractivity contribution in [3.8, 4) is 11.4 Å². The molecule has 0 aliphatic carbocycles. The highest BCUT2D eigenvalue weighted by molar-refractivity contribution is 7.71. The number of para-hydroxylation sites is 3. The molecule has 0 amide bonds. The van der Waals surface area contributed by atoms with Crippen molar-refractivity contribution in [1.82, 2.24) is 9.97 Å². The fraction of sp³-hybridized carbons (Fsp3) is 0. The van der Waals surface area contributed by atoms with Crippen LogP contribution in [0.25, 0.3) is 33.4 Å². The molecule has 0 radical (unpaired) electrons. The van der Waals surface area contributed by atoms with E-state index in [9.17, 15) is 0 Å². The summed E-state index contributed by atoms with van der Waals surface area (Å²) in [5, 5.41) is 0.858. The number of aromatic amines is 1. The van der Waals surface area contributed by atoms with Crippen molar-refractivity contribution in [3.05, 3.63) is 53.0 Å². The van der Waals surface area contributed by atoms with Crippen molar-refractivity contribution in [3.63, 3.8) is 0 Å². The molecule has 3 N–H and O–H groups in total. The first-order chi connectivity index (χ1) is 10.2. The molecule has 0 saturated carbocycles. The topological polar surface area (TPSA) is 67.8 Å². The maximum atomic E-state index is 6.05. The smallest absolute Gasteiger partial charge is 0.203 e. The highest BCUT2D eigenvalue weighted by atomic mass is 32.1. The molecule has 0 unspecified atom stereocenters. The van der Waals surface area contributed by atoms with Gasteiger partial charge in [-0.05, 0) is 24.3 Å². The molecule has 4 aromatic rings. The molecule has 21 heavy (non-hydrogen) atoms. The van der Waals surface area contributed by atoms with Crippen LogP contribution in [-0.2, 0) is 0 Å². The molecule has 2 aromatic heterocycles. The number of H-pyrrole nitrogens is 1. The van der Waals surface area contributed by atoms with Gasteiger partial charge in [-0.15, -0.1) is 0 Å². The minimum atomic E-state index is 0.276. The third-order valence-corrected chi connectivity index (χ3v) is 3.88. The van der Waals surface area contributed by atoms with Gasteiger partial charge in [0.15, 0.2) is 0 Å². The van der Waals surface area contributed by atoms with Crippen LogP contribution in [0.15, 0.2) is 52.9 Å². The number of rotatable bonds is 1. The van der Waals surface area contributed by atoms with E-state index in [4.69, 9.17) is 22.4 Å². The second-order valence-corrected chi connectivity index (χ2v) is 5.18. The Bertz CT molecular complexity index is 999. The van der Waals surface area contributed by atoms with Crippen molar-refractivity contribution in [2.75, 3.05) is 5.73 Å². The van der Waals surface area contributed by atoms with Gasteiger partial charge in [-0.3, -0.25) is 0 Å². The van der Waals surface area contributed by atoms with Gasteiger partial charge in [-0.1, -0.05) is 36.5 Å². The van der Waals surface area contributed by atoms with E-state index in [0.717, 1.165) is 16.4 Å². The lowest BCUT2D eigenvalue weighted by molar-refractivity contribution is 0.627. The van der Waals surface area contributed by atoms with Gasteiger partial charge in [0.25, 0.3) is 0 Å². The van der Waals surface area contributed by atoms with E-state index in [1.165, 1.54) is 0 Å². The van der Waals surface area contributed by atoms with Gasteiger partial charge in [0.05, 0.1) is 21.1 Å². The summed E-state index contributed by atoms with van der Waals surface area (Å²) in [5.41, 5.74) is 9.18. The maximum Gasteiger partial charge on any atom is 0.203 e. The zero-order valence-corrected chi connectivity index (χ0v) is 11.8. The van der Waals surface area contributed by atoms with Crippen LogP contribution in [0.3, 0.4) is 0 Å². The molecule has 0 bridgehead atoms. The van der Waals surface area contributed by atoms with Gasteiger partial charge in [0, 0.05) is 5.39 Å². The molecule has 0 atom stereocenters. The second kappa shape index (κ2) is 4.43. The van der Waals surface area contributed by atoms with E-state index in [2.05, 4.69) is 9.97 Å². The first-order valence-electron chi connectivity index (χ1n) is 6.50. The van der Waals surface area contributed by atoms with Crippen molar-refractivity contribution in [2.24, 2.45) is 0 Å². The number of anilines is 1. The van der Waals surface area contributed by atoms with E-state index in [1.807, 2.05) is 48.5 Å². The lowest BCUT2D eigenvalue weighted by atomic mass is 10.1. The summed E-state index contributed by atoms with van der Waals surface area (Å²) >= 11 is 5.57. The molecule has 5 heteroatoms. The minimum Gasteiger partial charge on any atom is -0.440 e. The van der Waals surface area contributed by atoms with Gasteiger partial charge in [0.2, 0.25) is 5.88 Å². The van der Waals surface area contributed by atoms with Crippen molar-refractivity contribution < 1.29 is 4.42 Å². The number of fused-ring (bicyclic) bond motifs is 2. The molecule has 0 spiro atoms. The summed E-state index contributed by atoms with van der Waals surface area (Å²) in [6.45, 7) is 0. The van der Waals surface area contributed by atoms with E-state index in [0.29, 0.717) is 21.5 Å². The van der Waals surface area contributed by atoms with E-state index < -0.39 is 0 Å². The zero-order valence-electron chi connectivity index (χ0n) is 11.0. The van der Waals surface area contributed by atoms with Crippen molar-refractivity contribution in [1.29, 1.82) is 0 Å². The number of aromatic nitrogens is 2. The average Bonchev–Trinajstić information content (AvgIpc) is 2.90. The molecule has 0 aliphatic rings. The zero-order chi connectivity index (χ0) is 14.4. The number of nitrogens with one attached hydrogen (secondary N) is 1. The predicted molar refractivity (Wildman–Crippen MR) is 86.5 cm³/mol. The van der Waals surface area contributed by atoms with Gasteiger partial charge in [-0.25, -0.2) is 4.98 Å². The van der Waals surface area contributed by atoms with Crippen LogP contribution in [0.4, 0.5) is 5.88 Å². The summed E-state index contributed by atoms with van der Waals surface area (Å²) in [7, 11) is 0. The number of hydrogen-bond donors (Lipinski definition) is 2. The van der Waals surface area contributed by atoms with Crippen LogP contribution in [0.5, 0.6) is 0 Å². The van der Waals surface area contributed by atoms with Crippen LogP contribution in [0.1, 0.15) is 0 Å². The Hall–Kier alpha value is -2.66. The molecule has 0 fully saturated rings. The van der Waals surface area contributed by atoms with Crippen LogP contribution in [-0.4, -0.2) is 9.97 Å². The SMILES string of the molecule is Nc1oc2ccccc2c(=S)c1-c1nc2ccccc2[nH]1. The minimum absolute atomic E-state index is 0.276. The Morgan fingerprint density at radius 3 is 2.67 bits per heavy atom. The lowest BCUT2D eigenvalue weighted by Gasteiger charge is -2.05. The summed E-state index contributed by atoms with van der Waals surface area (Å²) in [4.78, 5) is 7.79. The third-order valence-electron chi connectivity index (χ3n) is 3.45. The number of nitrogens with zero attached hydrogens (tertiary/aromatic N) is 1. The first-order valence-corrected chi connectivity index (χ1v) is 6.91. The van der Waals surface area contributed by atoms with Gasteiger partial charge in [0.1, 0.15) is 11.4 Å². The molecule has 2 aromatic carbocycles. The highest BCUT2D eigenvalue weighted by Crippen LogP contribution is 2.32. The van der Waals surface area contributed by atoms with E-state index >= 15 is 0 Å². The molecule has 4 nitrogen and oxygen atoms in total. The van der Waals surface area contributed by atoms with Gasteiger partial charge >= 0.3 is 0 Å². The van der Waals surface area contributed by atoms with Gasteiger partial charge in [-0.2, -0.15) is 0 Å². The summed E-state index contributed by atoms with van der Waals surface area (Å²) in [5.74, 6) is 0.908. The standard InChI is InChI=1S/C16H11N3OS/c17-15-13(14(21)9-5-1-4-8-12(9)20-15)16-18-10-6-2-3-7-11(10)19-16/h1-8H,17H2,(H,18,19). The van der Waals surface area contributed by atoms with Crippen LogP contribution < -0.4 is 5.73 Å². The lowest BCUT2D eigenvalue weighted by Crippen LogP contribution is -1.93. The van der Waals surface area contributed by atoms with Crippen LogP contribution in [0, 0.1) is 4.51 Å². The Labute approximate surface area is 125 Å². The molecule has 4 rings (SSSR count). The fourth-order valence-electron chi connectivity index (χ4n) is 2.45. The molecular formula is C16H11N3OS. The first kappa shape index (κ1) is 12.1. The van der Waals surface area contributed by atoms with Crippen molar-refractivity contribution >= 4 is 40.1 Å². The van der Waals surface area contributed by atoms with Gasteiger partial charge < -0.3 is 15.1 Å². The molecule has 0 saturated heterocycles. The molecular weight excluding hydrogens is 282 g/mol. The number of benzene rings is 2. The maximum absolute atomic E-state index is 6.05. The molecule has 102 valence electrons. The number of nitrogens with two attached hydrogens (primary N) is 1. The average molecular weight is 293 g/mol. The van der Waals surface area contributed by atoms with Crippen LogP contribution in [0.2, 0.25) is 0 Å². The molecule has 2 heterocycles. The summed E-state index contributed by atoms with van der Waals surface area (Å²) < 4.78 is 6.32. The van der Waals surface area contributed by atoms with E-state index in [1.54, 1.807) is 0 Å². The number of imidazole rings is 1.